The van der Waals surface area contributed by atoms with Gasteiger partial charge in [-0.05, 0) is 24.1 Å². The van der Waals surface area contributed by atoms with Gasteiger partial charge in [-0.1, -0.05) is 31.9 Å². The number of carboxylic acids is 1. The number of benzene rings is 1. The highest BCUT2D eigenvalue weighted by Crippen LogP contribution is 2.20. The van der Waals surface area contributed by atoms with Crippen molar-refractivity contribution in [2.75, 3.05) is 18.9 Å². The van der Waals surface area contributed by atoms with Gasteiger partial charge in [0.1, 0.15) is 0 Å². The molecule has 0 bridgehead atoms. The number of urea groups is 1. The van der Waals surface area contributed by atoms with E-state index in [2.05, 4.69) is 19.2 Å². The van der Waals surface area contributed by atoms with E-state index in [1.54, 1.807) is 18.0 Å². The Balaban J connectivity index is 2.76. The maximum atomic E-state index is 12.0. The number of nitrogens with one attached hydrogen (secondary N) is 1. The Hall–Kier alpha value is -1.75. The highest BCUT2D eigenvalue weighted by molar-refractivity contribution is 6.33. The zero-order valence-corrected chi connectivity index (χ0v) is 12.6. The maximum absolute atomic E-state index is 12.0. The molecule has 0 radical (unpaired) electrons. The number of carbonyl (C=O) groups is 2. The number of amides is 2. The lowest BCUT2D eigenvalue weighted by Gasteiger charge is -2.21. The van der Waals surface area contributed by atoms with Crippen LogP contribution in [-0.2, 0) is 0 Å². The first-order chi connectivity index (χ1) is 9.35. The van der Waals surface area contributed by atoms with Crippen LogP contribution in [-0.4, -0.2) is 35.6 Å². The first-order valence-corrected chi connectivity index (χ1v) is 6.77. The van der Waals surface area contributed by atoms with Crippen LogP contribution in [0.3, 0.4) is 0 Å². The Kier molecular flexibility index (Phi) is 5.82. The fourth-order valence-electron chi connectivity index (χ4n) is 1.67. The first-order valence-electron chi connectivity index (χ1n) is 6.40. The van der Waals surface area contributed by atoms with Crippen LogP contribution in [0.1, 0.15) is 30.6 Å². The monoisotopic (exact) mass is 298 g/mol. The van der Waals surface area contributed by atoms with Crippen LogP contribution in [0.5, 0.6) is 0 Å². The first kappa shape index (κ1) is 16.3. The van der Waals surface area contributed by atoms with E-state index in [0.29, 0.717) is 18.2 Å². The summed E-state index contributed by atoms with van der Waals surface area (Å²) in [7, 11) is 1.70. The fraction of sp³-hybridized carbons (Fsp3) is 0.429. The molecule has 0 saturated carbocycles. The van der Waals surface area contributed by atoms with E-state index in [-0.39, 0.29) is 16.6 Å². The van der Waals surface area contributed by atoms with Crippen molar-refractivity contribution >= 4 is 29.3 Å². The molecule has 0 aliphatic rings. The van der Waals surface area contributed by atoms with Crippen LogP contribution in [0.15, 0.2) is 18.2 Å². The number of halogens is 1. The van der Waals surface area contributed by atoms with Gasteiger partial charge in [-0.2, -0.15) is 0 Å². The van der Waals surface area contributed by atoms with Gasteiger partial charge in [0.25, 0.3) is 0 Å². The van der Waals surface area contributed by atoms with Crippen LogP contribution in [0.25, 0.3) is 0 Å². The van der Waals surface area contributed by atoms with Gasteiger partial charge in [-0.15, -0.1) is 0 Å². The van der Waals surface area contributed by atoms with Crippen molar-refractivity contribution in [1.82, 2.24) is 4.90 Å². The molecule has 1 aromatic carbocycles. The summed E-state index contributed by atoms with van der Waals surface area (Å²) < 4.78 is 0. The van der Waals surface area contributed by atoms with Gasteiger partial charge in [0.15, 0.2) is 0 Å². The smallest absolute Gasteiger partial charge is 0.337 e. The van der Waals surface area contributed by atoms with Gasteiger partial charge < -0.3 is 15.3 Å². The zero-order chi connectivity index (χ0) is 15.3. The zero-order valence-electron chi connectivity index (χ0n) is 11.8. The second-order valence-electron chi connectivity index (χ2n) is 4.82. The molecule has 1 unspecified atom stereocenters. The summed E-state index contributed by atoms with van der Waals surface area (Å²) in [6.45, 7) is 4.77. The van der Waals surface area contributed by atoms with Crippen molar-refractivity contribution in [2.24, 2.45) is 5.92 Å². The summed E-state index contributed by atoms with van der Waals surface area (Å²) >= 11 is 5.77. The Morgan fingerprint density at radius 1 is 1.45 bits per heavy atom. The largest absolute Gasteiger partial charge is 0.478 e. The summed E-state index contributed by atoms with van der Waals surface area (Å²) in [5, 5.41) is 11.8. The molecule has 1 aromatic rings. The molecule has 0 heterocycles. The molecule has 0 saturated heterocycles. The minimum absolute atomic E-state index is 0.0333. The van der Waals surface area contributed by atoms with Crippen molar-refractivity contribution < 1.29 is 14.7 Å². The highest BCUT2D eigenvalue weighted by atomic mass is 35.5. The third kappa shape index (κ3) is 4.42. The predicted molar refractivity (Wildman–Crippen MR) is 79.5 cm³/mol. The quantitative estimate of drug-likeness (QED) is 0.873. The molecule has 0 aromatic heterocycles. The van der Waals surface area contributed by atoms with Crippen molar-refractivity contribution in [1.29, 1.82) is 0 Å². The lowest BCUT2D eigenvalue weighted by atomic mass is 10.1. The summed E-state index contributed by atoms with van der Waals surface area (Å²) in [5.74, 6) is -0.718. The standard InChI is InChI=1S/C14H19ClN2O3/c1-4-9(2)8-17(3)14(20)16-10-5-6-12(15)11(7-10)13(18)19/h5-7,9H,4,8H2,1-3H3,(H,16,20)(H,18,19). The van der Waals surface area contributed by atoms with Crippen molar-refractivity contribution in [3.05, 3.63) is 28.8 Å². The Morgan fingerprint density at radius 3 is 2.65 bits per heavy atom. The average molecular weight is 299 g/mol. The summed E-state index contributed by atoms with van der Waals surface area (Å²) in [6, 6.07) is 4.10. The van der Waals surface area contributed by atoms with E-state index in [9.17, 15) is 9.59 Å². The second kappa shape index (κ2) is 7.14. The number of hydrogen-bond donors (Lipinski definition) is 2. The predicted octanol–water partition coefficient (Wildman–Crippen LogP) is 3.55. The molecule has 5 nitrogen and oxygen atoms in total. The molecule has 2 amide bonds. The minimum atomic E-state index is -1.13. The van der Waals surface area contributed by atoms with Gasteiger partial charge in [-0.25, -0.2) is 9.59 Å². The Bertz CT molecular complexity index is 505. The van der Waals surface area contributed by atoms with Crippen LogP contribution in [0.4, 0.5) is 10.5 Å². The van der Waals surface area contributed by atoms with Gasteiger partial charge in [0.05, 0.1) is 10.6 Å². The lowest BCUT2D eigenvalue weighted by molar-refractivity contribution is 0.0697. The highest BCUT2D eigenvalue weighted by Gasteiger charge is 2.14. The van der Waals surface area contributed by atoms with Crippen LogP contribution in [0, 0.1) is 5.92 Å². The molecule has 1 rings (SSSR count). The summed E-state index contributed by atoms with van der Waals surface area (Å²) in [4.78, 5) is 24.5. The van der Waals surface area contributed by atoms with Crippen molar-refractivity contribution in [3.8, 4) is 0 Å². The van der Waals surface area contributed by atoms with Gasteiger partial charge in [0, 0.05) is 19.3 Å². The normalized spacial score (nSPS) is 11.8. The average Bonchev–Trinajstić information content (AvgIpc) is 2.40. The number of carboxylic acid groups (broad SMARTS) is 1. The van der Waals surface area contributed by atoms with Crippen molar-refractivity contribution in [2.45, 2.75) is 20.3 Å². The molecule has 110 valence electrons. The Labute approximate surface area is 123 Å². The number of hydrogen-bond acceptors (Lipinski definition) is 2. The van der Waals surface area contributed by atoms with Gasteiger partial charge in [0.2, 0.25) is 0 Å². The lowest BCUT2D eigenvalue weighted by Crippen LogP contribution is -2.34. The third-order valence-corrected chi connectivity index (χ3v) is 3.41. The van der Waals surface area contributed by atoms with E-state index < -0.39 is 5.97 Å². The molecule has 0 fully saturated rings. The molecule has 0 spiro atoms. The maximum Gasteiger partial charge on any atom is 0.337 e. The van der Waals surface area contributed by atoms with E-state index in [4.69, 9.17) is 16.7 Å². The molecule has 20 heavy (non-hydrogen) atoms. The van der Waals surface area contributed by atoms with E-state index in [1.807, 2.05) is 0 Å². The third-order valence-electron chi connectivity index (χ3n) is 3.08. The summed E-state index contributed by atoms with van der Waals surface area (Å²) in [5.41, 5.74) is 0.377. The van der Waals surface area contributed by atoms with Crippen LogP contribution >= 0.6 is 11.6 Å². The van der Waals surface area contributed by atoms with E-state index in [0.717, 1.165) is 6.42 Å². The van der Waals surface area contributed by atoms with Crippen LogP contribution < -0.4 is 5.32 Å². The molecule has 0 aliphatic carbocycles. The SMILES string of the molecule is CCC(C)CN(C)C(=O)Nc1ccc(Cl)c(C(=O)O)c1. The minimum Gasteiger partial charge on any atom is -0.478 e. The molecule has 1 atom stereocenters. The van der Waals surface area contributed by atoms with Gasteiger partial charge in [-0.3, -0.25) is 0 Å². The molecular formula is C14H19ClN2O3. The molecule has 6 heteroatoms. The summed E-state index contributed by atoms with van der Waals surface area (Å²) in [6.07, 6.45) is 0.988. The number of carbonyl (C=O) groups excluding carboxylic acids is 1. The second-order valence-corrected chi connectivity index (χ2v) is 5.23. The Morgan fingerprint density at radius 2 is 2.10 bits per heavy atom. The number of rotatable bonds is 5. The number of anilines is 1. The topological polar surface area (TPSA) is 69.6 Å². The fourth-order valence-corrected chi connectivity index (χ4v) is 1.86. The van der Waals surface area contributed by atoms with Crippen molar-refractivity contribution in [3.63, 3.8) is 0 Å². The van der Waals surface area contributed by atoms with E-state index >= 15 is 0 Å². The number of nitrogens with zero attached hydrogens (tertiary/aromatic N) is 1. The van der Waals surface area contributed by atoms with Gasteiger partial charge >= 0.3 is 12.0 Å². The molecular weight excluding hydrogens is 280 g/mol. The van der Waals surface area contributed by atoms with E-state index in [1.165, 1.54) is 12.1 Å². The molecule has 0 aliphatic heterocycles. The number of aromatic carboxylic acids is 1. The van der Waals surface area contributed by atoms with Crippen LogP contribution in [0.2, 0.25) is 5.02 Å². The molecule has 2 N–H and O–H groups in total.